The van der Waals surface area contributed by atoms with Crippen LogP contribution in [0.25, 0.3) is 0 Å². The summed E-state index contributed by atoms with van der Waals surface area (Å²) in [5.41, 5.74) is 3.33. The molecule has 0 saturated carbocycles. The Hall–Kier alpha value is -3.83. The van der Waals surface area contributed by atoms with E-state index in [-0.39, 0.29) is 6.61 Å². The number of hydrogen-bond acceptors (Lipinski definition) is 9. The predicted molar refractivity (Wildman–Crippen MR) is 192 cm³/mol. The molecule has 52 heavy (non-hydrogen) atoms. The largest absolute Gasteiger partial charge is 0.490 e. The normalized spacial score (nSPS) is 17.8. The van der Waals surface area contributed by atoms with Gasteiger partial charge in [0.2, 0.25) is 5.95 Å². The molecule has 3 saturated heterocycles. The Bertz CT molecular complexity index is 1720. The van der Waals surface area contributed by atoms with Gasteiger partial charge in [-0.1, -0.05) is 37.6 Å². The molecule has 0 atom stereocenters. The van der Waals surface area contributed by atoms with E-state index < -0.39 is 17.6 Å². The minimum absolute atomic E-state index is 0.285. The van der Waals surface area contributed by atoms with Crippen LogP contribution in [-0.4, -0.2) is 89.9 Å². The number of aliphatic carboxylic acids is 1. The fourth-order valence-corrected chi connectivity index (χ4v) is 7.16. The van der Waals surface area contributed by atoms with Crippen LogP contribution < -0.4 is 19.7 Å². The molecule has 15 heteroatoms. The number of halogens is 5. The molecule has 10 nitrogen and oxygen atoms in total. The molecule has 2 aromatic carbocycles. The zero-order chi connectivity index (χ0) is 37.5. The first-order valence-corrected chi connectivity index (χ1v) is 18.1. The van der Waals surface area contributed by atoms with E-state index in [0.29, 0.717) is 34.2 Å². The minimum Gasteiger partial charge on any atom is -0.489 e. The van der Waals surface area contributed by atoms with Crippen LogP contribution in [0.5, 0.6) is 11.5 Å². The fourth-order valence-electron chi connectivity index (χ4n) is 6.81. The van der Waals surface area contributed by atoms with Crippen molar-refractivity contribution in [3.63, 3.8) is 0 Å². The number of nitriles is 1. The van der Waals surface area contributed by atoms with Crippen molar-refractivity contribution in [1.82, 2.24) is 20.2 Å². The quantitative estimate of drug-likeness (QED) is 0.213. The first kappa shape index (κ1) is 39.4. The smallest absolute Gasteiger partial charge is 0.489 e. The van der Waals surface area contributed by atoms with Gasteiger partial charge in [-0.25, -0.2) is 14.8 Å². The molecule has 3 aromatic rings. The molecular weight excluding hydrogens is 720 g/mol. The van der Waals surface area contributed by atoms with E-state index in [1.54, 1.807) is 0 Å². The summed E-state index contributed by atoms with van der Waals surface area (Å²) in [4.78, 5) is 23.4. The van der Waals surface area contributed by atoms with Crippen LogP contribution in [0, 0.1) is 16.7 Å². The number of piperidine rings is 2. The summed E-state index contributed by atoms with van der Waals surface area (Å²) in [6.07, 6.45) is 1.81. The highest BCUT2D eigenvalue weighted by Crippen LogP contribution is 2.42. The lowest BCUT2D eigenvalue weighted by molar-refractivity contribution is -0.192. The van der Waals surface area contributed by atoms with Crippen LogP contribution in [0.1, 0.15) is 61.9 Å². The van der Waals surface area contributed by atoms with Crippen molar-refractivity contribution in [1.29, 1.82) is 5.26 Å². The van der Waals surface area contributed by atoms with E-state index in [9.17, 15) is 18.4 Å². The number of carboxylic acids is 1. The van der Waals surface area contributed by atoms with Crippen LogP contribution in [-0.2, 0) is 16.8 Å². The number of hydrogen-bond donors (Lipinski definition) is 2. The average molecular weight is 764 g/mol. The van der Waals surface area contributed by atoms with Crippen LogP contribution >= 0.6 is 23.2 Å². The van der Waals surface area contributed by atoms with Crippen LogP contribution in [0.4, 0.5) is 19.1 Å². The molecule has 0 radical (unpaired) electrons. The van der Waals surface area contributed by atoms with Gasteiger partial charge in [-0.15, -0.1) is 11.6 Å². The molecule has 6 rings (SSSR count). The lowest BCUT2D eigenvalue weighted by atomic mass is 9.71. The second-order valence-corrected chi connectivity index (χ2v) is 14.7. The number of carbonyl (C=O) groups is 1. The van der Waals surface area contributed by atoms with Crippen LogP contribution in [0.3, 0.4) is 0 Å². The monoisotopic (exact) mass is 762 g/mol. The predicted octanol–water partition coefficient (Wildman–Crippen LogP) is 6.81. The average Bonchev–Trinajstić information content (AvgIpc) is 3.10. The number of anilines is 1. The molecule has 0 unspecified atom stereocenters. The summed E-state index contributed by atoms with van der Waals surface area (Å²) in [6, 6.07) is 16.6. The Kier molecular flexibility index (Phi) is 12.8. The Morgan fingerprint density at radius 2 is 1.67 bits per heavy atom. The Morgan fingerprint density at radius 1 is 1.04 bits per heavy atom. The van der Waals surface area contributed by atoms with Crippen molar-refractivity contribution < 1.29 is 32.5 Å². The van der Waals surface area contributed by atoms with Gasteiger partial charge in [-0.3, -0.25) is 4.90 Å². The van der Waals surface area contributed by atoms with Crippen molar-refractivity contribution in [3.8, 4) is 17.6 Å². The summed E-state index contributed by atoms with van der Waals surface area (Å²) in [5.74, 6) is -0.501. The van der Waals surface area contributed by atoms with E-state index in [4.69, 9.17) is 47.6 Å². The standard InChI is InChI=1S/C35H42Cl2N6O2.C2HF3O2/c1-34(2,27-19-25(21-38)32(31(37)20-27)44-18-12-36)26-3-5-30(6-4-26)45-24-28-7-13-40-33(41-28)43-16-10-35(11-17-43)8-14-42(15-9-35)29-22-39-23-29;3-2(4,5)1(6)7/h3-7,13,19-20,29,39H,8-12,14-18,22-24H2,1-2H3;(H,6,7). The third-order valence-corrected chi connectivity index (χ3v) is 10.8. The topological polar surface area (TPSA) is 124 Å². The van der Waals surface area contributed by atoms with Gasteiger partial charge >= 0.3 is 12.1 Å². The van der Waals surface area contributed by atoms with Gasteiger partial charge in [0.25, 0.3) is 0 Å². The molecule has 0 bridgehead atoms. The summed E-state index contributed by atoms with van der Waals surface area (Å²) < 4.78 is 43.5. The third kappa shape index (κ3) is 9.58. The molecule has 1 spiro atoms. The molecule has 3 fully saturated rings. The van der Waals surface area contributed by atoms with Crippen LogP contribution in [0.15, 0.2) is 48.7 Å². The first-order valence-electron chi connectivity index (χ1n) is 17.2. The summed E-state index contributed by atoms with van der Waals surface area (Å²) in [6.45, 7) is 11.7. The third-order valence-electron chi connectivity index (χ3n) is 10.4. The number of likely N-dealkylation sites (tertiary alicyclic amines) is 1. The number of benzene rings is 2. The number of nitrogens with one attached hydrogen (secondary N) is 1. The molecule has 2 N–H and O–H groups in total. The van der Waals surface area contributed by atoms with Crippen molar-refractivity contribution in [3.05, 3.63) is 76.1 Å². The van der Waals surface area contributed by atoms with Crippen molar-refractivity contribution in [2.24, 2.45) is 5.41 Å². The molecule has 4 heterocycles. The number of rotatable bonds is 10. The van der Waals surface area contributed by atoms with Crippen molar-refractivity contribution in [2.75, 3.05) is 56.7 Å². The lowest BCUT2D eigenvalue weighted by Crippen LogP contribution is -2.60. The van der Waals surface area contributed by atoms with E-state index >= 15 is 0 Å². The second kappa shape index (κ2) is 16.9. The number of nitrogens with zero attached hydrogens (tertiary/aromatic N) is 5. The highest BCUT2D eigenvalue weighted by atomic mass is 35.5. The van der Waals surface area contributed by atoms with Gasteiger partial charge in [0.05, 0.1) is 22.2 Å². The molecule has 3 aliphatic rings. The van der Waals surface area contributed by atoms with Crippen molar-refractivity contribution >= 4 is 35.1 Å². The Balaban J connectivity index is 0.000000679. The lowest BCUT2D eigenvalue weighted by Gasteiger charge is -2.50. The van der Waals surface area contributed by atoms with Crippen LogP contribution in [0.2, 0.25) is 5.02 Å². The van der Waals surface area contributed by atoms with E-state index in [0.717, 1.165) is 60.7 Å². The van der Waals surface area contributed by atoms with E-state index in [1.807, 2.05) is 36.5 Å². The summed E-state index contributed by atoms with van der Waals surface area (Å²) >= 11 is 12.3. The zero-order valence-corrected chi connectivity index (χ0v) is 30.7. The maximum Gasteiger partial charge on any atom is 0.490 e. The molecule has 1 aromatic heterocycles. The molecule has 3 aliphatic heterocycles. The van der Waals surface area contributed by atoms with Gasteiger partial charge in [-0.05, 0) is 85.6 Å². The summed E-state index contributed by atoms with van der Waals surface area (Å²) in [7, 11) is 0. The maximum absolute atomic E-state index is 10.6. The Morgan fingerprint density at radius 3 is 2.23 bits per heavy atom. The number of aromatic nitrogens is 2. The van der Waals surface area contributed by atoms with Gasteiger partial charge in [-0.2, -0.15) is 18.4 Å². The molecule has 0 aliphatic carbocycles. The van der Waals surface area contributed by atoms with E-state index in [2.05, 4.69) is 52.2 Å². The number of carboxylic acid groups (broad SMARTS) is 1. The fraction of sp³-hybridized carbons (Fsp3) is 0.514. The number of alkyl halides is 4. The SMILES string of the molecule is CC(C)(c1ccc(OCc2ccnc(N3CCC4(CC3)CCN(C3CNC3)CC4)n2)cc1)c1cc(Cl)c(OCCCl)c(C#N)c1.O=C(O)C(F)(F)F. The van der Waals surface area contributed by atoms with Gasteiger partial charge in [0.15, 0.2) is 5.75 Å². The van der Waals surface area contributed by atoms with E-state index in [1.165, 1.54) is 38.8 Å². The Labute approximate surface area is 311 Å². The van der Waals surface area contributed by atoms with Crippen molar-refractivity contribution in [2.45, 2.75) is 63.8 Å². The number of ether oxygens (including phenoxy) is 2. The minimum atomic E-state index is -5.08. The van der Waals surface area contributed by atoms with Gasteiger partial charge in [0.1, 0.15) is 25.0 Å². The van der Waals surface area contributed by atoms with Gasteiger partial charge in [0, 0.05) is 43.8 Å². The first-order chi connectivity index (χ1) is 24.7. The molecule has 280 valence electrons. The molecular formula is C37H43Cl2F3N6O4. The zero-order valence-electron chi connectivity index (χ0n) is 29.2. The highest BCUT2D eigenvalue weighted by molar-refractivity contribution is 6.32. The van der Waals surface area contributed by atoms with Gasteiger partial charge < -0.3 is 24.8 Å². The maximum atomic E-state index is 10.6. The summed E-state index contributed by atoms with van der Waals surface area (Å²) in [5, 5.41) is 20.7. The highest BCUT2D eigenvalue weighted by Gasteiger charge is 2.40. The second-order valence-electron chi connectivity index (χ2n) is 13.9. The molecule has 0 amide bonds.